The summed E-state index contributed by atoms with van der Waals surface area (Å²) in [4.78, 5) is 0. The predicted molar refractivity (Wildman–Crippen MR) is 80.5 cm³/mol. The lowest BCUT2D eigenvalue weighted by molar-refractivity contribution is 0.170. The van der Waals surface area contributed by atoms with Gasteiger partial charge in [0, 0.05) is 32.3 Å². The molecule has 1 aliphatic carbocycles. The molecule has 112 valence electrons. The van der Waals surface area contributed by atoms with E-state index in [4.69, 9.17) is 4.74 Å². The molecule has 2 N–H and O–H groups in total. The van der Waals surface area contributed by atoms with E-state index in [0.717, 1.165) is 12.6 Å². The van der Waals surface area contributed by atoms with Crippen molar-refractivity contribution in [3.05, 3.63) is 0 Å². The van der Waals surface area contributed by atoms with Gasteiger partial charge in [0.15, 0.2) is 0 Å². The number of hydrogen-bond acceptors (Lipinski definition) is 3. The fraction of sp³-hybridized carbons (Fsp3) is 1.00. The highest BCUT2D eigenvalue weighted by atomic mass is 16.5. The van der Waals surface area contributed by atoms with Crippen LogP contribution in [0.2, 0.25) is 0 Å². The first-order chi connectivity index (χ1) is 9.24. The van der Waals surface area contributed by atoms with E-state index in [1.54, 1.807) is 0 Å². The topological polar surface area (TPSA) is 33.3 Å². The zero-order chi connectivity index (χ0) is 13.6. The van der Waals surface area contributed by atoms with Crippen molar-refractivity contribution in [3.63, 3.8) is 0 Å². The summed E-state index contributed by atoms with van der Waals surface area (Å²) in [6.45, 7) is 5.67. The lowest BCUT2D eigenvalue weighted by atomic mass is 10.0. The van der Waals surface area contributed by atoms with Crippen LogP contribution in [0.15, 0.2) is 0 Å². The van der Waals surface area contributed by atoms with Gasteiger partial charge in [0.1, 0.15) is 0 Å². The van der Waals surface area contributed by atoms with Crippen molar-refractivity contribution in [1.82, 2.24) is 10.6 Å². The van der Waals surface area contributed by atoms with Gasteiger partial charge < -0.3 is 15.4 Å². The van der Waals surface area contributed by atoms with E-state index in [2.05, 4.69) is 17.6 Å². The van der Waals surface area contributed by atoms with E-state index >= 15 is 0 Å². The Hall–Kier alpha value is -0.120. The minimum absolute atomic E-state index is 0.571. The lowest BCUT2D eigenvalue weighted by Crippen LogP contribution is -2.39. The predicted octanol–water partition coefficient (Wildman–Crippen LogP) is 2.70. The fourth-order valence-corrected chi connectivity index (χ4v) is 3.21. The maximum absolute atomic E-state index is 5.22. The van der Waals surface area contributed by atoms with Crippen LogP contribution < -0.4 is 10.6 Å². The monoisotopic (exact) mass is 268 g/mol. The molecular weight excluding hydrogens is 236 g/mol. The van der Waals surface area contributed by atoms with Gasteiger partial charge >= 0.3 is 0 Å². The Morgan fingerprint density at radius 2 is 2.16 bits per heavy atom. The van der Waals surface area contributed by atoms with E-state index in [-0.39, 0.29) is 0 Å². The van der Waals surface area contributed by atoms with Gasteiger partial charge in [0.05, 0.1) is 0 Å². The van der Waals surface area contributed by atoms with Crippen LogP contribution in [0.4, 0.5) is 0 Å². The molecular formula is C16H32N2O. The molecule has 3 heteroatoms. The van der Waals surface area contributed by atoms with Crippen LogP contribution in [0.3, 0.4) is 0 Å². The molecule has 1 aliphatic heterocycles. The molecule has 0 aromatic rings. The molecule has 0 bridgehead atoms. The van der Waals surface area contributed by atoms with Gasteiger partial charge in [0.25, 0.3) is 0 Å². The van der Waals surface area contributed by atoms with E-state index in [9.17, 15) is 0 Å². The first-order valence-corrected chi connectivity index (χ1v) is 8.20. The molecule has 3 nitrogen and oxygen atoms in total. The van der Waals surface area contributed by atoms with Gasteiger partial charge in [-0.2, -0.15) is 0 Å². The quantitative estimate of drug-likeness (QED) is 0.710. The smallest absolute Gasteiger partial charge is 0.0468 e. The Labute approximate surface area is 118 Å². The van der Waals surface area contributed by atoms with Crippen molar-refractivity contribution >= 4 is 0 Å². The number of methoxy groups -OCH3 is 1. The summed E-state index contributed by atoms with van der Waals surface area (Å²) in [5.74, 6) is 0. The second-order valence-corrected chi connectivity index (χ2v) is 6.76. The van der Waals surface area contributed by atoms with E-state index < -0.39 is 0 Å². The minimum Gasteiger partial charge on any atom is -0.385 e. The van der Waals surface area contributed by atoms with Gasteiger partial charge in [-0.25, -0.2) is 0 Å². The van der Waals surface area contributed by atoms with Crippen molar-refractivity contribution in [3.8, 4) is 0 Å². The molecule has 1 saturated carbocycles. The number of ether oxygens (including phenoxy) is 1. The maximum atomic E-state index is 5.22. The van der Waals surface area contributed by atoms with E-state index in [1.807, 2.05) is 7.11 Å². The molecule has 2 fully saturated rings. The van der Waals surface area contributed by atoms with Crippen molar-refractivity contribution in [2.45, 2.75) is 70.4 Å². The SMILES string of the molecule is COCCC1(CNC(C)CC2CCCCCN2)CC1. The van der Waals surface area contributed by atoms with Crippen LogP contribution in [0.25, 0.3) is 0 Å². The van der Waals surface area contributed by atoms with Crippen LogP contribution in [0, 0.1) is 5.41 Å². The van der Waals surface area contributed by atoms with Crippen molar-refractivity contribution < 1.29 is 4.74 Å². The highest BCUT2D eigenvalue weighted by Gasteiger charge is 2.41. The largest absolute Gasteiger partial charge is 0.385 e. The van der Waals surface area contributed by atoms with Crippen LogP contribution in [0.5, 0.6) is 0 Å². The van der Waals surface area contributed by atoms with Gasteiger partial charge in [0.2, 0.25) is 0 Å². The van der Waals surface area contributed by atoms with Gasteiger partial charge in [-0.3, -0.25) is 0 Å². The normalized spacial score (nSPS) is 27.8. The van der Waals surface area contributed by atoms with Crippen molar-refractivity contribution in [2.24, 2.45) is 5.41 Å². The molecule has 0 aromatic heterocycles. The second kappa shape index (κ2) is 7.61. The number of hydrogen-bond donors (Lipinski definition) is 2. The fourth-order valence-electron chi connectivity index (χ4n) is 3.21. The van der Waals surface area contributed by atoms with Crippen molar-refractivity contribution in [2.75, 3.05) is 26.8 Å². The summed E-state index contributed by atoms with van der Waals surface area (Å²) < 4.78 is 5.22. The molecule has 0 aromatic carbocycles. The van der Waals surface area contributed by atoms with Gasteiger partial charge in [-0.15, -0.1) is 0 Å². The zero-order valence-electron chi connectivity index (χ0n) is 12.8. The van der Waals surface area contributed by atoms with Crippen LogP contribution in [0.1, 0.15) is 58.3 Å². The number of nitrogens with one attached hydrogen (secondary N) is 2. The summed E-state index contributed by atoms with van der Waals surface area (Å²) in [6.07, 6.45) is 10.8. The molecule has 2 atom stereocenters. The summed E-state index contributed by atoms with van der Waals surface area (Å²) in [7, 11) is 1.81. The average Bonchev–Trinajstić information content (AvgIpc) is 3.20. The van der Waals surface area contributed by atoms with Crippen LogP contribution in [-0.2, 0) is 4.74 Å². The highest BCUT2D eigenvalue weighted by molar-refractivity contribution is 4.95. The minimum atomic E-state index is 0.571. The Balaban J connectivity index is 1.62. The van der Waals surface area contributed by atoms with Crippen molar-refractivity contribution in [1.29, 1.82) is 0 Å². The first kappa shape index (κ1) is 15.3. The van der Waals surface area contributed by atoms with Gasteiger partial charge in [-0.1, -0.05) is 12.8 Å². The zero-order valence-corrected chi connectivity index (χ0v) is 12.8. The molecule has 2 rings (SSSR count). The average molecular weight is 268 g/mol. The van der Waals surface area contributed by atoms with Crippen LogP contribution >= 0.6 is 0 Å². The van der Waals surface area contributed by atoms with Gasteiger partial charge in [-0.05, 0) is 57.4 Å². The third kappa shape index (κ3) is 5.41. The molecule has 19 heavy (non-hydrogen) atoms. The first-order valence-electron chi connectivity index (χ1n) is 8.20. The Kier molecular flexibility index (Phi) is 6.11. The molecule has 0 spiro atoms. The lowest BCUT2D eigenvalue weighted by Gasteiger charge is -2.24. The Bertz CT molecular complexity index is 245. The maximum Gasteiger partial charge on any atom is 0.0468 e. The van der Waals surface area contributed by atoms with E-state index in [1.165, 1.54) is 64.5 Å². The number of rotatable bonds is 8. The van der Waals surface area contributed by atoms with Crippen LogP contribution in [-0.4, -0.2) is 38.9 Å². The second-order valence-electron chi connectivity index (χ2n) is 6.76. The summed E-state index contributed by atoms with van der Waals surface area (Å²) >= 11 is 0. The molecule has 2 aliphatic rings. The third-order valence-electron chi connectivity index (χ3n) is 4.92. The Morgan fingerprint density at radius 3 is 2.89 bits per heavy atom. The van der Waals surface area contributed by atoms with E-state index in [0.29, 0.717) is 11.5 Å². The molecule has 1 saturated heterocycles. The summed E-state index contributed by atoms with van der Waals surface area (Å²) in [6, 6.07) is 1.37. The summed E-state index contributed by atoms with van der Waals surface area (Å²) in [5.41, 5.74) is 0.571. The Morgan fingerprint density at radius 1 is 1.32 bits per heavy atom. The molecule has 1 heterocycles. The standard InChI is InChI=1S/C16H32N2O/c1-14(12-15-6-4-3-5-10-17-15)18-13-16(7-8-16)9-11-19-2/h14-15,17-18H,3-13H2,1-2H3. The molecule has 0 amide bonds. The summed E-state index contributed by atoms with van der Waals surface area (Å²) in [5, 5.41) is 7.47. The highest BCUT2D eigenvalue weighted by Crippen LogP contribution is 2.48. The molecule has 2 unspecified atom stereocenters. The molecule has 0 radical (unpaired) electrons. The third-order valence-corrected chi connectivity index (χ3v) is 4.92.